The number of nitrogens with one attached hydrogen (secondary N) is 1. The van der Waals surface area contributed by atoms with E-state index in [-0.39, 0.29) is 11.3 Å². The molecular weight excluding hydrogens is 392 g/mol. The molecule has 1 atom stereocenters. The minimum absolute atomic E-state index is 0.119. The van der Waals surface area contributed by atoms with Crippen LogP contribution >= 0.6 is 23.1 Å². The van der Waals surface area contributed by atoms with Crippen LogP contribution in [-0.4, -0.2) is 28.3 Å². The van der Waals surface area contributed by atoms with E-state index in [1.165, 1.54) is 29.2 Å². The molecule has 0 saturated carbocycles. The summed E-state index contributed by atoms with van der Waals surface area (Å²) in [5.41, 5.74) is 0.918. The molecule has 3 rings (SSSR count). The van der Waals surface area contributed by atoms with Crippen LogP contribution in [0.5, 0.6) is 5.75 Å². The van der Waals surface area contributed by atoms with E-state index in [9.17, 15) is 13.6 Å². The van der Waals surface area contributed by atoms with E-state index in [1.54, 1.807) is 14.0 Å². The summed E-state index contributed by atoms with van der Waals surface area (Å²) < 4.78 is 32.1. The third kappa shape index (κ3) is 4.81. The van der Waals surface area contributed by atoms with Crippen molar-refractivity contribution in [2.75, 3.05) is 12.4 Å². The number of anilines is 2. The van der Waals surface area contributed by atoms with Gasteiger partial charge in [-0.05, 0) is 37.3 Å². The number of ether oxygens (including phenoxy) is 1. The molecule has 27 heavy (non-hydrogen) atoms. The fraction of sp³-hybridized carbons (Fsp3) is 0.167. The first-order valence-electron chi connectivity index (χ1n) is 7.87. The van der Waals surface area contributed by atoms with Gasteiger partial charge in [-0.25, -0.2) is 8.78 Å². The number of carbonyl (C=O) groups is 1. The predicted molar refractivity (Wildman–Crippen MR) is 102 cm³/mol. The maximum Gasteiger partial charge on any atom is 0.210 e. The van der Waals surface area contributed by atoms with Gasteiger partial charge in [-0.15, -0.1) is 10.2 Å². The molecule has 140 valence electrons. The van der Waals surface area contributed by atoms with Gasteiger partial charge < -0.3 is 10.1 Å². The lowest BCUT2D eigenvalue weighted by atomic mass is 10.1. The van der Waals surface area contributed by atoms with Crippen molar-refractivity contribution in [3.63, 3.8) is 0 Å². The molecule has 2 aromatic carbocycles. The topological polar surface area (TPSA) is 64.1 Å². The Morgan fingerprint density at radius 1 is 1.19 bits per heavy atom. The molecule has 0 bridgehead atoms. The second-order valence-electron chi connectivity index (χ2n) is 5.48. The molecule has 0 radical (unpaired) electrons. The van der Waals surface area contributed by atoms with Crippen molar-refractivity contribution < 1.29 is 18.3 Å². The van der Waals surface area contributed by atoms with E-state index in [2.05, 4.69) is 15.5 Å². The smallest absolute Gasteiger partial charge is 0.210 e. The Labute approximate surface area is 162 Å². The number of methoxy groups -OCH3 is 1. The lowest BCUT2D eigenvalue weighted by Crippen LogP contribution is -2.13. The molecule has 0 saturated heterocycles. The standard InChI is InChI=1S/C18H15F2N3O2S2/c1-10(16(24)11-6-7-14(19)15(20)8-11)26-18-23-22-17(27-18)21-12-4-3-5-13(9-12)25-2/h3-10H,1-2H3,(H,21,22)/t10-/m0/s1. The maximum absolute atomic E-state index is 13.3. The van der Waals surface area contributed by atoms with Crippen LogP contribution in [-0.2, 0) is 0 Å². The Morgan fingerprint density at radius 3 is 2.74 bits per heavy atom. The average Bonchev–Trinajstić information content (AvgIpc) is 3.10. The average molecular weight is 407 g/mol. The van der Waals surface area contributed by atoms with Crippen LogP contribution in [0.2, 0.25) is 0 Å². The number of ketones is 1. The predicted octanol–water partition coefficient (Wildman–Crippen LogP) is 4.93. The number of nitrogens with zero attached hydrogens (tertiary/aromatic N) is 2. The summed E-state index contributed by atoms with van der Waals surface area (Å²) in [6.45, 7) is 1.69. The largest absolute Gasteiger partial charge is 0.497 e. The number of aromatic nitrogens is 2. The second-order valence-corrected chi connectivity index (χ2v) is 8.05. The van der Waals surface area contributed by atoms with Crippen LogP contribution in [0.3, 0.4) is 0 Å². The van der Waals surface area contributed by atoms with E-state index in [4.69, 9.17) is 4.74 Å². The fourth-order valence-electron chi connectivity index (χ4n) is 2.22. The summed E-state index contributed by atoms with van der Waals surface area (Å²) in [6, 6.07) is 10.5. The van der Waals surface area contributed by atoms with Crippen molar-refractivity contribution >= 4 is 39.7 Å². The number of hydrogen-bond acceptors (Lipinski definition) is 7. The summed E-state index contributed by atoms with van der Waals surface area (Å²) in [5.74, 6) is -1.62. The Kier molecular flexibility index (Phi) is 6.02. The van der Waals surface area contributed by atoms with Gasteiger partial charge >= 0.3 is 0 Å². The van der Waals surface area contributed by atoms with Crippen molar-refractivity contribution in [1.82, 2.24) is 10.2 Å². The quantitative estimate of drug-likeness (QED) is 0.442. The molecule has 1 N–H and O–H groups in total. The SMILES string of the molecule is COc1cccc(Nc2nnc(S[C@@H](C)C(=O)c3ccc(F)c(F)c3)s2)c1. The van der Waals surface area contributed by atoms with E-state index in [0.29, 0.717) is 15.2 Å². The van der Waals surface area contributed by atoms with Crippen LogP contribution in [0.15, 0.2) is 46.8 Å². The maximum atomic E-state index is 13.3. The molecule has 0 amide bonds. The lowest BCUT2D eigenvalue weighted by molar-refractivity contribution is 0.0993. The van der Waals surface area contributed by atoms with Gasteiger partial charge in [0.2, 0.25) is 5.13 Å². The van der Waals surface area contributed by atoms with Crippen molar-refractivity contribution in [2.24, 2.45) is 0 Å². The molecular formula is C18H15F2N3O2S2. The zero-order valence-electron chi connectivity index (χ0n) is 14.4. The minimum Gasteiger partial charge on any atom is -0.497 e. The summed E-state index contributed by atoms with van der Waals surface area (Å²) in [7, 11) is 1.59. The third-order valence-electron chi connectivity index (χ3n) is 3.58. The Balaban J connectivity index is 1.65. The molecule has 0 aliphatic heterocycles. The van der Waals surface area contributed by atoms with E-state index in [1.807, 2.05) is 24.3 Å². The molecule has 0 fully saturated rings. The first-order valence-corrected chi connectivity index (χ1v) is 9.56. The van der Waals surface area contributed by atoms with Crippen LogP contribution in [0.25, 0.3) is 0 Å². The Hall–Kier alpha value is -2.52. The Morgan fingerprint density at radius 2 is 2.00 bits per heavy atom. The zero-order chi connectivity index (χ0) is 19.4. The summed E-state index contributed by atoms with van der Waals surface area (Å²) in [5, 5.41) is 11.3. The zero-order valence-corrected chi connectivity index (χ0v) is 16.0. The molecule has 0 unspecified atom stereocenters. The number of Topliss-reactive ketones (excluding diaryl/α,β-unsaturated/α-hetero) is 1. The number of rotatable bonds is 7. The minimum atomic E-state index is -1.04. The van der Waals surface area contributed by atoms with Crippen molar-refractivity contribution in [3.05, 3.63) is 59.7 Å². The van der Waals surface area contributed by atoms with E-state index < -0.39 is 16.9 Å². The number of benzene rings is 2. The summed E-state index contributed by atoms with van der Waals surface area (Å²) in [4.78, 5) is 12.4. The van der Waals surface area contributed by atoms with E-state index in [0.717, 1.165) is 17.8 Å². The molecule has 1 aromatic heterocycles. The lowest BCUT2D eigenvalue weighted by Gasteiger charge is -2.08. The van der Waals surface area contributed by atoms with Gasteiger partial charge in [-0.3, -0.25) is 4.79 Å². The van der Waals surface area contributed by atoms with Gasteiger partial charge in [0.15, 0.2) is 21.8 Å². The van der Waals surface area contributed by atoms with Crippen LogP contribution in [0.4, 0.5) is 19.6 Å². The molecule has 3 aromatic rings. The highest BCUT2D eigenvalue weighted by molar-refractivity contribution is 8.02. The van der Waals surface area contributed by atoms with Gasteiger partial charge in [0.05, 0.1) is 12.4 Å². The van der Waals surface area contributed by atoms with Crippen LogP contribution in [0.1, 0.15) is 17.3 Å². The van der Waals surface area contributed by atoms with E-state index >= 15 is 0 Å². The summed E-state index contributed by atoms with van der Waals surface area (Å²) in [6.07, 6.45) is 0. The van der Waals surface area contributed by atoms with Crippen molar-refractivity contribution in [1.29, 1.82) is 0 Å². The fourth-order valence-corrected chi connectivity index (χ4v) is 4.21. The van der Waals surface area contributed by atoms with Gasteiger partial charge in [0, 0.05) is 17.3 Å². The second kappa shape index (κ2) is 8.45. The third-order valence-corrected chi connectivity index (χ3v) is 5.60. The highest BCUT2D eigenvalue weighted by Crippen LogP contribution is 2.32. The van der Waals surface area contributed by atoms with Gasteiger partial charge in [-0.2, -0.15) is 0 Å². The Bertz CT molecular complexity index is 965. The van der Waals surface area contributed by atoms with Gasteiger partial charge in [-0.1, -0.05) is 29.2 Å². The van der Waals surface area contributed by atoms with Crippen LogP contribution in [0, 0.1) is 11.6 Å². The number of thioether (sulfide) groups is 1. The van der Waals surface area contributed by atoms with Gasteiger partial charge in [0.1, 0.15) is 5.75 Å². The monoisotopic (exact) mass is 407 g/mol. The van der Waals surface area contributed by atoms with Crippen molar-refractivity contribution in [2.45, 2.75) is 16.5 Å². The number of halogens is 2. The first kappa shape index (κ1) is 19.2. The normalized spacial score (nSPS) is 11.9. The van der Waals surface area contributed by atoms with Crippen molar-refractivity contribution in [3.8, 4) is 5.75 Å². The number of hydrogen-bond donors (Lipinski definition) is 1. The van der Waals surface area contributed by atoms with Gasteiger partial charge in [0.25, 0.3) is 0 Å². The highest BCUT2D eigenvalue weighted by atomic mass is 32.2. The molecule has 5 nitrogen and oxygen atoms in total. The number of carbonyl (C=O) groups excluding carboxylic acids is 1. The molecule has 0 aliphatic carbocycles. The van der Waals surface area contributed by atoms with Crippen LogP contribution < -0.4 is 10.1 Å². The molecule has 9 heteroatoms. The highest BCUT2D eigenvalue weighted by Gasteiger charge is 2.20. The summed E-state index contributed by atoms with van der Waals surface area (Å²) >= 11 is 2.50. The molecule has 0 spiro atoms. The molecule has 1 heterocycles. The molecule has 0 aliphatic rings. The first-order chi connectivity index (χ1) is 13.0.